The Bertz CT molecular complexity index is 1450. The molecule has 3 aromatic heterocycles. The van der Waals surface area contributed by atoms with Crippen LogP contribution in [0.3, 0.4) is 0 Å². The molecule has 0 bridgehead atoms. The van der Waals surface area contributed by atoms with Gasteiger partial charge in [0.1, 0.15) is 0 Å². The lowest BCUT2D eigenvalue weighted by atomic mass is 9.99. The molecule has 0 radical (unpaired) electrons. The average molecular weight is 438 g/mol. The van der Waals surface area contributed by atoms with Gasteiger partial charge in [-0.1, -0.05) is 6.07 Å². The summed E-state index contributed by atoms with van der Waals surface area (Å²) in [4.78, 5) is 8.18. The largest absolute Gasteiger partial charge is 0.369 e. The van der Waals surface area contributed by atoms with Crippen LogP contribution in [-0.4, -0.2) is 63.5 Å². The summed E-state index contributed by atoms with van der Waals surface area (Å²) >= 11 is 0. The highest BCUT2D eigenvalue weighted by atomic mass is 15.2. The van der Waals surface area contributed by atoms with Gasteiger partial charge in [-0.25, -0.2) is 0 Å². The van der Waals surface area contributed by atoms with Gasteiger partial charge in [0, 0.05) is 60.0 Å². The number of aromatic amines is 2. The van der Waals surface area contributed by atoms with Gasteiger partial charge in [0.05, 0.1) is 17.4 Å². The van der Waals surface area contributed by atoms with Crippen LogP contribution in [0.1, 0.15) is 11.1 Å². The molecule has 0 saturated carbocycles. The molecule has 6 rings (SSSR count). The second-order valence-corrected chi connectivity index (χ2v) is 9.12. The SMILES string of the molecule is Cc1cc(-c2cc3c(-c4ccc5[nH]ncc5c4)c[nH]c3nn2)cc(C)c1N1CCN(C)CC1. The van der Waals surface area contributed by atoms with Gasteiger partial charge in [-0.2, -0.15) is 5.10 Å². The number of benzene rings is 2. The fourth-order valence-corrected chi connectivity index (χ4v) is 5.04. The quantitative estimate of drug-likeness (QED) is 0.433. The maximum atomic E-state index is 4.54. The number of nitrogens with zero attached hydrogens (tertiary/aromatic N) is 5. The number of likely N-dealkylation sites (N-methyl/N-ethyl adjacent to an activating group) is 1. The van der Waals surface area contributed by atoms with Crippen molar-refractivity contribution in [2.75, 3.05) is 38.1 Å². The maximum Gasteiger partial charge on any atom is 0.160 e. The van der Waals surface area contributed by atoms with Crippen molar-refractivity contribution in [3.63, 3.8) is 0 Å². The Labute approximate surface area is 192 Å². The number of fused-ring (bicyclic) bond motifs is 2. The van der Waals surface area contributed by atoms with E-state index in [2.05, 4.69) is 92.5 Å². The first-order chi connectivity index (χ1) is 16.1. The zero-order valence-electron chi connectivity index (χ0n) is 19.2. The molecule has 1 fully saturated rings. The van der Waals surface area contributed by atoms with Gasteiger partial charge in [0.25, 0.3) is 0 Å². The topological polar surface area (TPSA) is 76.7 Å². The predicted molar refractivity (Wildman–Crippen MR) is 134 cm³/mol. The lowest BCUT2D eigenvalue weighted by molar-refractivity contribution is 0.312. The highest BCUT2D eigenvalue weighted by Gasteiger charge is 2.19. The summed E-state index contributed by atoms with van der Waals surface area (Å²) in [7, 11) is 2.19. The van der Waals surface area contributed by atoms with Crippen molar-refractivity contribution in [3.05, 3.63) is 59.9 Å². The first-order valence-electron chi connectivity index (χ1n) is 11.4. The normalized spacial score (nSPS) is 15.1. The summed E-state index contributed by atoms with van der Waals surface area (Å²) in [6.45, 7) is 8.75. The minimum atomic E-state index is 0.795. The van der Waals surface area contributed by atoms with Crippen LogP contribution in [-0.2, 0) is 0 Å². The molecule has 2 aromatic carbocycles. The minimum Gasteiger partial charge on any atom is -0.369 e. The molecule has 33 heavy (non-hydrogen) atoms. The van der Waals surface area contributed by atoms with E-state index in [0.29, 0.717) is 0 Å². The van der Waals surface area contributed by atoms with E-state index in [-0.39, 0.29) is 0 Å². The zero-order valence-corrected chi connectivity index (χ0v) is 19.2. The fourth-order valence-electron chi connectivity index (χ4n) is 5.04. The van der Waals surface area contributed by atoms with Gasteiger partial charge >= 0.3 is 0 Å². The van der Waals surface area contributed by atoms with Gasteiger partial charge in [0.2, 0.25) is 0 Å². The molecule has 0 spiro atoms. The van der Waals surface area contributed by atoms with Crippen LogP contribution in [0, 0.1) is 13.8 Å². The lowest BCUT2D eigenvalue weighted by Gasteiger charge is -2.36. The van der Waals surface area contributed by atoms with Gasteiger partial charge < -0.3 is 14.8 Å². The molecule has 2 N–H and O–H groups in total. The van der Waals surface area contributed by atoms with Gasteiger partial charge in [-0.15, -0.1) is 10.2 Å². The average Bonchev–Trinajstić information content (AvgIpc) is 3.45. The van der Waals surface area contributed by atoms with E-state index in [1.807, 2.05) is 12.4 Å². The summed E-state index contributed by atoms with van der Waals surface area (Å²) in [5.74, 6) is 0. The third-order valence-electron chi connectivity index (χ3n) is 6.79. The predicted octanol–water partition coefficient (Wildman–Crippen LogP) is 4.54. The molecule has 0 aliphatic carbocycles. The molecule has 1 saturated heterocycles. The molecule has 5 aromatic rings. The number of H-pyrrole nitrogens is 2. The van der Waals surface area contributed by atoms with E-state index in [0.717, 1.165) is 70.5 Å². The van der Waals surface area contributed by atoms with Crippen molar-refractivity contribution in [1.82, 2.24) is 30.3 Å². The summed E-state index contributed by atoms with van der Waals surface area (Å²) in [6, 6.07) is 13.0. The first-order valence-corrected chi connectivity index (χ1v) is 11.4. The number of piperazine rings is 1. The highest BCUT2D eigenvalue weighted by Crippen LogP contribution is 2.34. The highest BCUT2D eigenvalue weighted by molar-refractivity contribution is 5.97. The first kappa shape index (κ1) is 19.9. The fraction of sp³-hybridized carbons (Fsp3) is 0.269. The van der Waals surface area contributed by atoms with Crippen LogP contribution in [0.2, 0.25) is 0 Å². The van der Waals surface area contributed by atoms with Crippen LogP contribution in [0.25, 0.3) is 44.3 Å². The third-order valence-corrected chi connectivity index (χ3v) is 6.79. The molecule has 1 aliphatic rings. The number of hydrogen-bond donors (Lipinski definition) is 2. The Morgan fingerprint density at radius 1 is 0.879 bits per heavy atom. The van der Waals surface area contributed by atoms with Gasteiger partial charge in [0.15, 0.2) is 5.65 Å². The van der Waals surface area contributed by atoms with Crippen molar-refractivity contribution in [1.29, 1.82) is 0 Å². The van der Waals surface area contributed by atoms with Crippen LogP contribution in [0.5, 0.6) is 0 Å². The Balaban J connectivity index is 1.40. The molecular formula is C26H27N7. The van der Waals surface area contributed by atoms with Crippen LogP contribution in [0.15, 0.2) is 48.8 Å². The van der Waals surface area contributed by atoms with E-state index >= 15 is 0 Å². The number of aryl methyl sites for hydroxylation is 2. The summed E-state index contributed by atoms with van der Waals surface area (Å²) < 4.78 is 0. The van der Waals surface area contributed by atoms with E-state index < -0.39 is 0 Å². The van der Waals surface area contributed by atoms with Crippen molar-refractivity contribution >= 4 is 27.6 Å². The van der Waals surface area contributed by atoms with Crippen molar-refractivity contribution in [2.24, 2.45) is 0 Å². The summed E-state index contributed by atoms with van der Waals surface area (Å²) in [6.07, 6.45) is 3.86. The molecule has 0 unspecified atom stereocenters. The Hall–Kier alpha value is -3.71. The van der Waals surface area contributed by atoms with Gasteiger partial charge in [-0.05, 0) is 67.9 Å². The number of nitrogens with one attached hydrogen (secondary N) is 2. The molecule has 4 heterocycles. The minimum absolute atomic E-state index is 0.795. The monoisotopic (exact) mass is 437 g/mol. The smallest absolute Gasteiger partial charge is 0.160 e. The number of hydrogen-bond acceptors (Lipinski definition) is 5. The van der Waals surface area contributed by atoms with E-state index in [1.54, 1.807) is 0 Å². The molecular weight excluding hydrogens is 410 g/mol. The Kier molecular flexibility index (Phi) is 4.66. The third kappa shape index (κ3) is 3.45. The molecule has 1 aliphatic heterocycles. The van der Waals surface area contributed by atoms with Gasteiger partial charge in [-0.3, -0.25) is 5.10 Å². The van der Waals surface area contributed by atoms with Crippen molar-refractivity contribution < 1.29 is 0 Å². The second kappa shape index (κ2) is 7.71. The maximum absolute atomic E-state index is 4.54. The lowest BCUT2D eigenvalue weighted by Crippen LogP contribution is -2.45. The van der Waals surface area contributed by atoms with Crippen LogP contribution in [0.4, 0.5) is 5.69 Å². The van der Waals surface area contributed by atoms with E-state index in [4.69, 9.17) is 0 Å². The van der Waals surface area contributed by atoms with Crippen molar-refractivity contribution in [3.8, 4) is 22.4 Å². The molecule has 7 nitrogen and oxygen atoms in total. The molecule has 0 atom stereocenters. The van der Waals surface area contributed by atoms with E-state index in [1.165, 1.54) is 16.8 Å². The number of anilines is 1. The van der Waals surface area contributed by atoms with Crippen LogP contribution < -0.4 is 4.90 Å². The van der Waals surface area contributed by atoms with E-state index in [9.17, 15) is 0 Å². The zero-order chi connectivity index (χ0) is 22.5. The molecule has 7 heteroatoms. The standard InChI is InChI=1S/C26H27N7/c1-16-10-19(11-17(2)25(16)33-8-6-32(3)7-9-33)24-13-21-22(15-27-26(21)31-30-24)18-4-5-23-20(12-18)14-28-29-23/h4-5,10-15H,6-9H2,1-3H3,(H,27,31)(H,28,29). The van der Waals surface area contributed by atoms with Crippen molar-refractivity contribution in [2.45, 2.75) is 13.8 Å². The Morgan fingerprint density at radius 2 is 1.67 bits per heavy atom. The Morgan fingerprint density at radius 3 is 2.45 bits per heavy atom. The van der Waals surface area contributed by atoms with Crippen LogP contribution >= 0.6 is 0 Å². The number of aromatic nitrogens is 5. The molecule has 166 valence electrons. The summed E-state index contributed by atoms with van der Waals surface area (Å²) in [5, 5.41) is 18.4. The molecule has 0 amide bonds. The number of rotatable bonds is 3. The summed E-state index contributed by atoms with van der Waals surface area (Å²) in [5.41, 5.74) is 10.0. The second-order valence-electron chi connectivity index (χ2n) is 9.12.